The van der Waals surface area contributed by atoms with Crippen LogP contribution >= 0.6 is 0 Å². The van der Waals surface area contributed by atoms with E-state index >= 15 is 0 Å². The van der Waals surface area contributed by atoms with Crippen LogP contribution in [0.2, 0.25) is 0 Å². The number of carbonyl (C=O) groups is 2. The number of rotatable bonds is 6. The zero-order chi connectivity index (χ0) is 17.6. The van der Waals surface area contributed by atoms with E-state index in [2.05, 4.69) is 11.4 Å². The lowest BCUT2D eigenvalue weighted by atomic mass is 10.00. The maximum atomic E-state index is 12.0. The average molecular weight is 330 g/mol. The highest BCUT2D eigenvalue weighted by Gasteiger charge is 2.35. The number of hydrogen-bond donors (Lipinski definition) is 1. The first-order valence-electron chi connectivity index (χ1n) is 7.99. The van der Waals surface area contributed by atoms with Crippen LogP contribution in [0.1, 0.15) is 36.8 Å². The highest BCUT2D eigenvalue weighted by molar-refractivity contribution is 5.82. The molecule has 0 aliphatic heterocycles. The quantitative estimate of drug-likeness (QED) is 0.806. The molecule has 0 saturated heterocycles. The van der Waals surface area contributed by atoms with Crippen molar-refractivity contribution in [1.29, 1.82) is 5.26 Å². The number of nitrogens with one attached hydrogen (secondary N) is 1. The molecule has 0 bridgehead atoms. The molecule has 1 aromatic carbocycles. The fourth-order valence-corrected chi connectivity index (χ4v) is 2.94. The summed E-state index contributed by atoms with van der Waals surface area (Å²) in [6, 6.07) is 7.70. The minimum Gasteiger partial charge on any atom is -0.496 e. The van der Waals surface area contributed by atoms with Crippen molar-refractivity contribution in [3.8, 4) is 11.8 Å². The van der Waals surface area contributed by atoms with Crippen molar-refractivity contribution in [2.75, 3.05) is 13.7 Å². The summed E-state index contributed by atoms with van der Waals surface area (Å²) in [6.45, 7) is 1.54. The predicted molar refractivity (Wildman–Crippen MR) is 87.3 cm³/mol. The number of esters is 1. The Balaban J connectivity index is 1.86. The van der Waals surface area contributed by atoms with Crippen molar-refractivity contribution in [3.63, 3.8) is 0 Å². The van der Waals surface area contributed by atoms with Crippen LogP contribution in [-0.2, 0) is 20.7 Å². The summed E-state index contributed by atoms with van der Waals surface area (Å²) in [6.07, 6.45) is 3.15. The Morgan fingerprint density at radius 1 is 1.33 bits per heavy atom. The van der Waals surface area contributed by atoms with Crippen molar-refractivity contribution < 1.29 is 19.1 Å². The highest BCUT2D eigenvalue weighted by Crippen LogP contribution is 2.28. The van der Waals surface area contributed by atoms with Gasteiger partial charge in [0.25, 0.3) is 5.91 Å². The molecule has 0 spiro atoms. The Bertz CT molecular complexity index is 657. The molecule has 128 valence electrons. The fraction of sp³-hybridized carbons (Fsp3) is 0.500. The van der Waals surface area contributed by atoms with Crippen molar-refractivity contribution in [2.45, 2.75) is 44.6 Å². The normalized spacial score (nSPS) is 15.4. The molecule has 0 unspecified atom stereocenters. The van der Waals surface area contributed by atoms with Crippen molar-refractivity contribution in [2.24, 2.45) is 0 Å². The molecule has 1 amide bonds. The number of ether oxygens (including phenoxy) is 2. The van der Waals surface area contributed by atoms with Crippen LogP contribution in [-0.4, -0.2) is 31.1 Å². The van der Waals surface area contributed by atoms with E-state index in [1.54, 1.807) is 6.07 Å². The van der Waals surface area contributed by atoms with Crippen LogP contribution in [0, 0.1) is 18.3 Å². The molecule has 1 fully saturated rings. The van der Waals surface area contributed by atoms with E-state index in [0.29, 0.717) is 24.2 Å². The number of hydrogen-bond acceptors (Lipinski definition) is 5. The number of methoxy groups -OCH3 is 1. The Morgan fingerprint density at radius 3 is 2.67 bits per heavy atom. The van der Waals surface area contributed by atoms with Crippen LogP contribution in [0.15, 0.2) is 18.2 Å². The smallest absolute Gasteiger partial charge is 0.310 e. The van der Waals surface area contributed by atoms with E-state index < -0.39 is 17.4 Å². The van der Waals surface area contributed by atoms with Gasteiger partial charge >= 0.3 is 5.97 Å². The molecular formula is C18H22N2O4. The number of aryl methyl sites for hydroxylation is 1. The van der Waals surface area contributed by atoms with Gasteiger partial charge in [0.05, 0.1) is 19.6 Å². The van der Waals surface area contributed by atoms with Crippen LogP contribution in [0.25, 0.3) is 0 Å². The standard InChI is InChI=1S/C18H22N2O4/c1-13-5-6-15(23-2)14(9-13)10-17(22)24-11-16(21)20-18(12-19)7-3-4-8-18/h5-6,9H,3-4,7-8,10-11H2,1-2H3,(H,20,21). The zero-order valence-corrected chi connectivity index (χ0v) is 14.1. The molecule has 0 aromatic heterocycles. The third-order valence-corrected chi connectivity index (χ3v) is 4.18. The summed E-state index contributed by atoms with van der Waals surface area (Å²) in [5.41, 5.74) is 0.921. The maximum absolute atomic E-state index is 12.0. The van der Waals surface area contributed by atoms with Gasteiger partial charge in [0.15, 0.2) is 6.61 Å². The Labute approximate surface area is 141 Å². The van der Waals surface area contributed by atoms with E-state index in [0.717, 1.165) is 18.4 Å². The number of amides is 1. The minimum atomic E-state index is -0.802. The molecule has 1 aromatic rings. The van der Waals surface area contributed by atoms with Gasteiger partial charge in [-0.15, -0.1) is 0 Å². The van der Waals surface area contributed by atoms with Crippen LogP contribution in [0.3, 0.4) is 0 Å². The lowest BCUT2D eigenvalue weighted by Crippen LogP contribution is -2.46. The van der Waals surface area contributed by atoms with E-state index in [-0.39, 0.29) is 13.0 Å². The number of nitriles is 1. The van der Waals surface area contributed by atoms with Crippen molar-refractivity contribution in [3.05, 3.63) is 29.3 Å². The molecule has 1 N–H and O–H groups in total. The first-order valence-corrected chi connectivity index (χ1v) is 7.99. The molecule has 24 heavy (non-hydrogen) atoms. The van der Waals surface area contributed by atoms with Crippen LogP contribution < -0.4 is 10.1 Å². The molecule has 0 radical (unpaired) electrons. The minimum absolute atomic E-state index is 0.0293. The topological polar surface area (TPSA) is 88.4 Å². The maximum Gasteiger partial charge on any atom is 0.310 e. The Hall–Kier alpha value is -2.55. The largest absolute Gasteiger partial charge is 0.496 e. The summed E-state index contributed by atoms with van der Waals surface area (Å²) in [4.78, 5) is 23.9. The SMILES string of the molecule is COc1ccc(C)cc1CC(=O)OCC(=O)NC1(C#N)CCCC1. The molecule has 0 atom stereocenters. The summed E-state index contributed by atoms with van der Waals surface area (Å²) < 4.78 is 10.3. The molecule has 0 heterocycles. The summed E-state index contributed by atoms with van der Waals surface area (Å²) in [7, 11) is 1.54. The Morgan fingerprint density at radius 2 is 2.04 bits per heavy atom. The molecular weight excluding hydrogens is 308 g/mol. The zero-order valence-electron chi connectivity index (χ0n) is 14.1. The van der Waals surface area contributed by atoms with Crippen molar-refractivity contribution >= 4 is 11.9 Å². The van der Waals surface area contributed by atoms with Gasteiger partial charge in [0, 0.05) is 5.56 Å². The molecule has 2 rings (SSSR count). The van der Waals surface area contributed by atoms with Crippen LogP contribution in [0.5, 0.6) is 5.75 Å². The van der Waals surface area contributed by atoms with Gasteiger partial charge in [-0.25, -0.2) is 0 Å². The lowest BCUT2D eigenvalue weighted by Gasteiger charge is -2.21. The van der Waals surface area contributed by atoms with Gasteiger partial charge in [-0.3, -0.25) is 9.59 Å². The molecule has 1 aliphatic carbocycles. The highest BCUT2D eigenvalue weighted by atomic mass is 16.5. The third kappa shape index (κ3) is 4.48. The second kappa shape index (κ2) is 7.82. The third-order valence-electron chi connectivity index (χ3n) is 4.18. The molecule has 6 heteroatoms. The number of carbonyl (C=O) groups excluding carboxylic acids is 2. The van der Waals surface area contributed by atoms with Gasteiger partial charge in [-0.1, -0.05) is 17.7 Å². The molecule has 1 saturated carbocycles. The summed E-state index contributed by atoms with van der Waals surface area (Å²) >= 11 is 0. The van der Waals surface area contributed by atoms with Gasteiger partial charge in [-0.2, -0.15) is 5.26 Å². The Kier molecular flexibility index (Phi) is 5.80. The van der Waals surface area contributed by atoms with Gasteiger partial charge < -0.3 is 14.8 Å². The summed E-state index contributed by atoms with van der Waals surface area (Å²) in [5, 5.41) is 11.9. The van der Waals surface area contributed by atoms with Gasteiger partial charge in [0.2, 0.25) is 0 Å². The van der Waals surface area contributed by atoms with Gasteiger partial charge in [-0.05, 0) is 38.7 Å². The van der Waals surface area contributed by atoms with E-state index in [1.165, 1.54) is 7.11 Å². The average Bonchev–Trinajstić information content (AvgIpc) is 3.02. The first kappa shape index (κ1) is 17.8. The molecule has 6 nitrogen and oxygen atoms in total. The first-order chi connectivity index (χ1) is 11.5. The van der Waals surface area contributed by atoms with Crippen molar-refractivity contribution in [1.82, 2.24) is 5.32 Å². The number of nitrogens with zero attached hydrogens (tertiary/aromatic N) is 1. The summed E-state index contributed by atoms with van der Waals surface area (Å²) in [5.74, 6) is -0.342. The monoisotopic (exact) mass is 330 g/mol. The second-order valence-electron chi connectivity index (χ2n) is 6.10. The fourth-order valence-electron chi connectivity index (χ4n) is 2.94. The lowest BCUT2D eigenvalue weighted by molar-refractivity contribution is -0.148. The van der Waals surface area contributed by atoms with E-state index in [1.807, 2.05) is 19.1 Å². The second-order valence-corrected chi connectivity index (χ2v) is 6.10. The van der Waals surface area contributed by atoms with Crippen LogP contribution in [0.4, 0.5) is 0 Å². The van der Waals surface area contributed by atoms with Gasteiger partial charge in [0.1, 0.15) is 11.3 Å². The predicted octanol–water partition coefficient (Wildman–Crippen LogP) is 2.04. The van der Waals surface area contributed by atoms with E-state index in [9.17, 15) is 14.9 Å². The van der Waals surface area contributed by atoms with E-state index in [4.69, 9.17) is 9.47 Å². The molecule has 1 aliphatic rings. The number of benzene rings is 1.